The molecule has 0 bridgehead atoms. The van der Waals surface area contributed by atoms with Gasteiger partial charge in [-0.1, -0.05) is 4.49 Å². The molecule has 0 saturated carbocycles. The van der Waals surface area contributed by atoms with Crippen LogP contribution in [0.4, 0.5) is 0 Å². The van der Waals surface area contributed by atoms with Crippen molar-refractivity contribution in [3.8, 4) is 0 Å². The molecule has 1 aromatic heterocycles. The molecule has 9 heteroatoms. The number of carboxylic acid groups (broad SMARTS) is 1. The number of hydrogen-bond acceptors (Lipinski definition) is 7. The Kier molecular flexibility index (Phi) is 5.77. The number of nitrogens with one attached hydrogen (secondary N) is 1. The Balaban J connectivity index is 2.53. The first-order chi connectivity index (χ1) is 9.69. The van der Waals surface area contributed by atoms with Gasteiger partial charge in [0, 0.05) is 11.8 Å². The van der Waals surface area contributed by atoms with Crippen LogP contribution in [-0.2, 0) is 14.3 Å². The van der Waals surface area contributed by atoms with E-state index in [1.54, 1.807) is 20.8 Å². The maximum atomic E-state index is 11.7. The fourth-order valence-corrected chi connectivity index (χ4v) is 1.84. The van der Waals surface area contributed by atoms with Crippen molar-refractivity contribution < 1.29 is 24.2 Å². The summed E-state index contributed by atoms with van der Waals surface area (Å²) in [6.45, 7) is 5.16. The van der Waals surface area contributed by atoms with Gasteiger partial charge in [0.1, 0.15) is 11.6 Å². The lowest BCUT2D eigenvalue weighted by Crippen LogP contribution is -2.41. The maximum absolute atomic E-state index is 11.7. The van der Waals surface area contributed by atoms with E-state index in [0.717, 1.165) is 11.5 Å². The van der Waals surface area contributed by atoms with Crippen LogP contribution >= 0.6 is 11.5 Å². The number of carboxylic acids is 1. The molecule has 0 aliphatic rings. The van der Waals surface area contributed by atoms with Gasteiger partial charge in [-0.25, -0.2) is 4.79 Å². The molecular formula is C12H17N3O5S. The topological polar surface area (TPSA) is 118 Å². The zero-order valence-corrected chi connectivity index (χ0v) is 12.8. The van der Waals surface area contributed by atoms with Gasteiger partial charge in [0.15, 0.2) is 5.69 Å². The molecule has 116 valence electrons. The number of rotatable bonds is 6. The van der Waals surface area contributed by atoms with Crippen molar-refractivity contribution in [3.05, 3.63) is 11.1 Å². The summed E-state index contributed by atoms with van der Waals surface area (Å²) in [5.41, 5.74) is -0.589. The molecule has 1 heterocycles. The first-order valence-electron chi connectivity index (χ1n) is 6.21. The minimum absolute atomic E-state index is 0.0449. The minimum Gasteiger partial charge on any atom is -0.480 e. The van der Waals surface area contributed by atoms with Crippen LogP contribution < -0.4 is 5.32 Å². The number of hydrogen-bond donors (Lipinski definition) is 2. The molecule has 8 nitrogen and oxygen atoms in total. The molecule has 0 fully saturated rings. The summed E-state index contributed by atoms with van der Waals surface area (Å²) in [7, 11) is 0. The average Bonchev–Trinajstić information content (AvgIpc) is 2.85. The number of nitrogens with zero attached hydrogens (tertiary/aromatic N) is 2. The smallest absolute Gasteiger partial charge is 0.326 e. The third-order valence-corrected chi connectivity index (χ3v) is 2.76. The molecule has 1 atom stereocenters. The summed E-state index contributed by atoms with van der Waals surface area (Å²) >= 11 is 0.985. The Morgan fingerprint density at radius 2 is 2.10 bits per heavy atom. The van der Waals surface area contributed by atoms with E-state index in [1.165, 1.54) is 5.38 Å². The quantitative estimate of drug-likeness (QED) is 0.747. The highest BCUT2D eigenvalue weighted by Crippen LogP contribution is 2.10. The number of carbonyl (C=O) groups excluding carboxylic acids is 2. The Hall–Kier alpha value is -2.03. The first-order valence-corrected chi connectivity index (χ1v) is 7.05. The van der Waals surface area contributed by atoms with Crippen molar-refractivity contribution >= 4 is 29.4 Å². The van der Waals surface area contributed by atoms with E-state index in [0.29, 0.717) is 0 Å². The zero-order valence-electron chi connectivity index (χ0n) is 12.0. The second-order valence-corrected chi connectivity index (χ2v) is 5.89. The molecule has 21 heavy (non-hydrogen) atoms. The van der Waals surface area contributed by atoms with Crippen molar-refractivity contribution in [3.63, 3.8) is 0 Å². The molecule has 2 N–H and O–H groups in total. The van der Waals surface area contributed by atoms with Crippen LogP contribution in [0.15, 0.2) is 5.38 Å². The molecule has 0 unspecified atom stereocenters. The van der Waals surface area contributed by atoms with Gasteiger partial charge < -0.3 is 15.2 Å². The largest absolute Gasteiger partial charge is 0.480 e. The van der Waals surface area contributed by atoms with Crippen LogP contribution in [0, 0.1) is 0 Å². The summed E-state index contributed by atoms with van der Waals surface area (Å²) in [5, 5.41) is 16.3. The molecule has 0 saturated heterocycles. The molecular weight excluding hydrogens is 298 g/mol. The third-order valence-electron chi connectivity index (χ3n) is 2.25. The third kappa shape index (κ3) is 6.30. The van der Waals surface area contributed by atoms with Crippen LogP contribution in [0.3, 0.4) is 0 Å². The SMILES string of the molecule is CC(C)(C)OC(=O)CC[C@@H](NC(=O)c1csnn1)C(=O)O. The lowest BCUT2D eigenvalue weighted by Gasteiger charge is -2.20. The lowest BCUT2D eigenvalue weighted by molar-refractivity contribution is -0.155. The highest BCUT2D eigenvalue weighted by Gasteiger charge is 2.24. The average molecular weight is 315 g/mol. The Morgan fingerprint density at radius 3 is 2.57 bits per heavy atom. The van der Waals surface area contributed by atoms with Crippen LogP contribution in [0.5, 0.6) is 0 Å². The number of esters is 1. The van der Waals surface area contributed by atoms with Crippen molar-refractivity contribution in [2.45, 2.75) is 45.3 Å². The van der Waals surface area contributed by atoms with E-state index >= 15 is 0 Å². The van der Waals surface area contributed by atoms with Crippen molar-refractivity contribution in [2.75, 3.05) is 0 Å². The second kappa shape index (κ2) is 7.11. The molecule has 1 rings (SSSR count). The predicted molar refractivity (Wildman–Crippen MR) is 73.9 cm³/mol. The molecule has 1 aromatic rings. The Bertz CT molecular complexity index is 509. The fraction of sp³-hybridized carbons (Fsp3) is 0.583. The van der Waals surface area contributed by atoms with E-state index in [1.807, 2.05) is 0 Å². The van der Waals surface area contributed by atoms with Crippen LogP contribution in [0.25, 0.3) is 0 Å². The maximum Gasteiger partial charge on any atom is 0.326 e. The summed E-state index contributed by atoms with van der Waals surface area (Å²) < 4.78 is 8.60. The first kappa shape index (κ1) is 17.0. The van der Waals surface area contributed by atoms with Crippen LogP contribution in [0.2, 0.25) is 0 Å². The summed E-state index contributed by atoms with van der Waals surface area (Å²) in [4.78, 5) is 34.4. The van der Waals surface area contributed by atoms with Gasteiger partial charge in [-0.2, -0.15) is 0 Å². The van der Waals surface area contributed by atoms with Crippen molar-refractivity contribution in [2.24, 2.45) is 0 Å². The monoisotopic (exact) mass is 315 g/mol. The second-order valence-electron chi connectivity index (χ2n) is 5.28. The summed E-state index contributed by atoms with van der Waals surface area (Å²) in [5.74, 6) is -2.38. The number of aromatic nitrogens is 2. The highest BCUT2D eigenvalue weighted by molar-refractivity contribution is 7.03. The van der Waals surface area contributed by atoms with Gasteiger partial charge in [-0.3, -0.25) is 9.59 Å². The van der Waals surface area contributed by atoms with E-state index in [2.05, 4.69) is 14.9 Å². The van der Waals surface area contributed by atoms with Gasteiger partial charge in [0.2, 0.25) is 0 Å². The van der Waals surface area contributed by atoms with Crippen molar-refractivity contribution in [1.82, 2.24) is 14.9 Å². The molecule has 0 aliphatic carbocycles. The van der Waals surface area contributed by atoms with Crippen molar-refractivity contribution in [1.29, 1.82) is 0 Å². The fourth-order valence-electron chi connectivity index (χ4n) is 1.41. The zero-order chi connectivity index (χ0) is 16.0. The van der Waals surface area contributed by atoms with Gasteiger partial charge in [-0.05, 0) is 38.7 Å². The summed E-state index contributed by atoms with van der Waals surface area (Å²) in [6, 6.07) is -1.19. The predicted octanol–water partition coefficient (Wildman–Crippen LogP) is 0.843. The van der Waals surface area contributed by atoms with E-state index in [4.69, 9.17) is 9.84 Å². The van der Waals surface area contributed by atoms with E-state index < -0.39 is 29.5 Å². The van der Waals surface area contributed by atoms with Crippen LogP contribution in [0.1, 0.15) is 44.1 Å². The highest BCUT2D eigenvalue weighted by atomic mass is 32.1. The van der Waals surface area contributed by atoms with Crippen LogP contribution in [-0.4, -0.2) is 44.2 Å². The number of aliphatic carboxylic acids is 1. The molecule has 1 amide bonds. The summed E-state index contributed by atoms with van der Waals surface area (Å²) in [6.07, 6.45) is -0.169. The number of ether oxygens (including phenoxy) is 1. The normalized spacial score (nSPS) is 12.5. The van der Waals surface area contributed by atoms with Gasteiger partial charge in [0.25, 0.3) is 5.91 Å². The van der Waals surface area contributed by atoms with Gasteiger partial charge in [-0.15, -0.1) is 5.10 Å². The standard InChI is InChI=1S/C12H17N3O5S/c1-12(2,3)20-9(16)5-4-7(11(18)19)13-10(17)8-6-21-15-14-8/h6-7H,4-5H2,1-3H3,(H,13,17)(H,18,19)/t7-/m1/s1. The number of amides is 1. The van der Waals surface area contributed by atoms with Gasteiger partial charge in [0.05, 0.1) is 0 Å². The lowest BCUT2D eigenvalue weighted by atomic mass is 10.1. The molecule has 0 spiro atoms. The molecule has 0 radical (unpaired) electrons. The van der Waals surface area contributed by atoms with Gasteiger partial charge >= 0.3 is 11.9 Å². The Labute approximate surface area is 125 Å². The number of carbonyl (C=O) groups is 3. The van der Waals surface area contributed by atoms with E-state index in [9.17, 15) is 14.4 Å². The molecule has 0 aromatic carbocycles. The Morgan fingerprint density at radius 1 is 1.43 bits per heavy atom. The molecule has 0 aliphatic heterocycles. The van der Waals surface area contributed by atoms with E-state index in [-0.39, 0.29) is 18.5 Å². The minimum atomic E-state index is -1.23.